The molecule has 1 fully saturated rings. The molecule has 0 amide bonds. The van der Waals surface area contributed by atoms with Crippen molar-refractivity contribution >= 4 is 0 Å². The minimum absolute atomic E-state index is 0.0217. The Kier molecular flexibility index (Phi) is 4.87. The molecule has 106 valence electrons. The van der Waals surface area contributed by atoms with Gasteiger partial charge in [-0.15, -0.1) is 0 Å². The lowest BCUT2D eigenvalue weighted by atomic mass is 9.80. The lowest BCUT2D eigenvalue weighted by Gasteiger charge is -2.33. The third-order valence-electron chi connectivity index (χ3n) is 4.24. The Morgan fingerprint density at radius 3 is 2.63 bits per heavy atom. The van der Waals surface area contributed by atoms with Gasteiger partial charge in [0.2, 0.25) is 0 Å². The summed E-state index contributed by atoms with van der Waals surface area (Å²) in [5.41, 5.74) is 7.77. The van der Waals surface area contributed by atoms with Gasteiger partial charge in [-0.3, -0.25) is 0 Å². The Balaban J connectivity index is 1.83. The number of rotatable bonds is 5. The van der Waals surface area contributed by atoms with Gasteiger partial charge in [0.25, 0.3) is 0 Å². The van der Waals surface area contributed by atoms with Gasteiger partial charge in [0.05, 0.1) is 6.61 Å². The molecule has 0 radical (unpaired) electrons. The van der Waals surface area contributed by atoms with Crippen LogP contribution in [0.3, 0.4) is 0 Å². The smallest absolute Gasteiger partial charge is 0.119 e. The van der Waals surface area contributed by atoms with Crippen molar-refractivity contribution in [3.63, 3.8) is 0 Å². The zero-order chi connectivity index (χ0) is 13.7. The van der Waals surface area contributed by atoms with Gasteiger partial charge < -0.3 is 10.5 Å². The van der Waals surface area contributed by atoms with Crippen LogP contribution in [0.2, 0.25) is 0 Å². The maximum Gasteiger partial charge on any atom is 0.119 e. The largest absolute Gasteiger partial charge is 0.494 e. The van der Waals surface area contributed by atoms with Crippen LogP contribution in [0.15, 0.2) is 24.3 Å². The second-order valence-corrected chi connectivity index (χ2v) is 6.25. The van der Waals surface area contributed by atoms with Gasteiger partial charge in [-0.1, -0.05) is 45.2 Å². The molecule has 2 rings (SSSR count). The fraction of sp³-hybridized carbons (Fsp3) is 0.647. The summed E-state index contributed by atoms with van der Waals surface area (Å²) in [7, 11) is 0. The van der Waals surface area contributed by atoms with Crippen LogP contribution < -0.4 is 10.5 Å². The van der Waals surface area contributed by atoms with Gasteiger partial charge in [0.15, 0.2) is 0 Å². The van der Waals surface area contributed by atoms with E-state index in [0.29, 0.717) is 5.92 Å². The standard InChI is InChI=1S/C17H27NO/c1-14(2)15-7-6-8-16(13-15)19-12-11-17(18)9-4-3-5-10-17/h6-8,13-14H,3-5,9-12,18H2,1-2H3. The van der Waals surface area contributed by atoms with Crippen molar-refractivity contribution in [3.05, 3.63) is 29.8 Å². The van der Waals surface area contributed by atoms with E-state index in [-0.39, 0.29) is 5.54 Å². The van der Waals surface area contributed by atoms with Crippen LogP contribution >= 0.6 is 0 Å². The van der Waals surface area contributed by atoms with Gasteiger partial charge in [-0.25, -0.2) is 0 Å². The summed E-state index contributed by atoms with van der Waals surface area (Å²) in [5, 5.41) is 0. The van der Waals surface area contributed by atoms with Crippen LogP contribution in [-0.2, 0) is 0 Å². The van der Waals surface area contributed by atoms with Crippen molar-refractivity contribution < 1.29 is 4.74 Å². The van der Waals surface area contributed by atoms with Gasteiger partial charge in [-0.2, -0.15) is 0 Å². The Morgan fingerprint density at radius 1 is 1.21 bits per heavy atom. The highest BCUT2D eigenvalue weighted by molar-refractivity contribution is 5.30. The highest BCUT2D eigenvalue weighted by Crippen LogP contribution is 2.29. The molecule has 2 heteroatoms. The fourth-order valence-electron chi connectivity index (χ4n) is 2.84. The maximum atomic E-state index is 6.42. The summed E-state index contributed by atoms with van der Waals surface area (Å²) in [6, 6.07) is 8.41. The molecule has 2 N–H and O–H groups in total. The molecule has 1 aliphatic carbocycles. The van der Waals surface area contributed by atoms with Crippen molar-refractivity contribution in [1.82, 2.24) is 0 Å². The molecule has 19 heavy (non-hydrogen) atoms. The highest BCUT2D eigenvalue weighted by Gasteiger charge is 2.26. The first-order valence-corrected chi connectivity index (χ1v) is 7.61. The molecular weight excluding hydrogens is 234 g/mol. The maximum absolute atomic E-state index is 6.42. The van der Waals surface area contributed by atoms with E-state index in [1.165, 1.54) is 24.8 Å². The third kappa shape index (κ3) is 4.24. The van der Waals surface area contributed by atoms with E-state index in [1.54, 1.807) is 0 Å². The number of hydrogen-bond acceptors (Lipinski definition) is 2. The SMILES string of the molecule is CC(C)c1cccc(OCCC2(N)CCCCC2)c1. The molecule has 1 saturated carbocycles. The lowest BCUT2D eigenvalue weighted by Crippen LogP contribution is -2.42. The van der Waals surface area contributed by atoms with Crippen LogP contribution in [0, 0.1) is 0 Å². The minimum atomic E-state index is 0.0217. The topological polar surface area (TPSA) is 35.2 Å². The van der Waals surface area contributed by atoms with Gasteiger partial charge in [0, 0.05) is 5.54 Å². The molecule has 0 bridgehead atoms. The predicted octanol–water partition coefficient (Wildman–Crippen LogP) is 4.24. The van der Waals surface area contributed by atoms with Crippen LogP contribution in [-0.4, -0.2) is 12.1 Å². The predicted molar refractivity (Wildman–Crippen MR) is 80.6 cm³/mol. The molecule has 0 heterocycles. The van der Waals surface area contributed by atoms with Gasteiger partial charge in [-0.05, 0) is 42.9 Å². The zero-order valence-electron chi connectivity index (χ0n) is 12.3. The summed E-state index contributed by atoms with van der Waals surface area (Å²) in [6.07, 6.45) is 7.18. The minimum Gasteiger partial charge on any atom is -0.494 e. The Labute approximate surface area is 117 Å². The van der Waals surface area contributed by atoms with Crippen LogP contribution in [0.1, 0.15) is 63.9 Å². The van der Waals surface area contributed by atoms with E-state index in [4.69, 9.17) is 10.5 Å². The number of benzene rings is 1. The first kappa shape index (κ1) is 14.4. The van der Waals surface area contributed by atoms with E-state index in [9.17, 15) is 0 Å². The van der Waals surface area contributed by atoms with Crippen LogP contribution in [0.25, 0.3) is 0 Å². The molecule has 0 unspecified atom stereocenters. The molecule has 0 aliphatic heterocycles. The molecule has 1 aromatic rings. The van der Waals surface area contributed by atoms with E-state index in [1.807, 2.05) is 6.07 Å². The van der Waals surface area contributed by atoms with Gasteiger partial charge >= 0.3 is 0 Å². The average molecular weight is 261 g/mol. The molecule has 2 nitrogen and oxygen atoms in total. The molecule has 1 aromatic carbocycles. The van der Waals surface area contributed by atoms with Crippen molar-refractivity contribution in [3.8, 4) is 5.75 Å². The summed E-state index contributed by atoms with van der Waals surface area (Å²) in [4.78, 5) is 0. The van der Waals surface area contributed by atoms with E-state index in [0.717, 1.165) is 31.6 Å². The summed E-state index contributed by atoms with van der Waals surface area (Å²) in [6.45, 7) is 5.14. The second kappa shape index (κ2) is 6.42. The van der Waals surface area contributed by atoms with Crippen molar-refractivity contribution in [2.45, 2.75) is 63.8 Å². The number of ether oxygens (including phenoxy) is 1. The fourth-order valence-corrected chi connectivity index (χ4v) is 2.84. The second-order valence-electron chi connectivity index (χ2n) is 6.25. The monoisotopic (exact) mass is 261 g/mol. The molecule has 0 spiro atoms. The van der Waals surface area contributed by atoms with E-state index in [2.05, 4.69) is 32.0 Å². The first-order valence-electron chi connectivity index (χ1n) is 7.61. The third-order valence-corrected chi connectivity index (χ3v) is 4.24. The molecule has 0 saturated heterocycles. The van der Waals surface area contributed by atoms with Crippen LogP contribution in [0.4, 0.5) is 0 Å². The summed E-state index contributed by atoms with van der Waals surface area (Å²) < 4.78 is 5.88. The number of nitrogens with two attached hydrogens (primary N) is 1. The summed E-state index contributed by atoms with van der Waals surface area (Å²) in [5.74, 6) is 1.52. The van der Waals surface area contributed by atoms with Crippen molar-refractivity contribution in [2.24, 2.45) is 5.73 Å². The molecule has 1 aliphatic rings. The van der Waals surface area contributed by atoms with Crippen molar-refractivity contribution in [1.29, 1.82) is 0 Å². The van der Waals surface area contributed by atoms with E-state index < -0.39 is 0 Å². The first-order chi connectivity index (χ1) is 9.09. The van der Waals surface area contributed by atoms with Crippen molar-refractivity contribution in [2.75, 3.05) is 6.61 Å². The highest BCUT2D eigenvalue weighted by atomic mass is 16.5. The Hall–Kier alpha value is -1.02. The summed E-state index contributed by atoms with van der Waals surface area (Å²) >= 11 is 0. The number of hydrogen-bond donors (Lipinski definition) is 1. The Bertz CT molecular complexity index is 394. The molecule has 0 aromatic heterocycles. The normalized spacial score (nSPS) is 18.5. The lowest BCUT2D eigenvalue weighted by molar-refractivity contribution is 0.214. The zero-order valence-corrected chi connectivity index (χ0v) is 12.3. The van der Waals surface area contributed by atoms with Crippen LogP contribution in [0.5, 0.6) is 5.75 Å². The molecular formula is C17H27NO. The Morgan fingerprint density at radius 2 is 1.95 bits per heavy atom. The van der Waals surface area contributed by atoms with E-state index >= 15 is 0 Å². The molecule has 0 atom stereocenters. The quantitative estimate of drug-likeness (QED) is 0.860. The average Bonchev–Trinajstić information content (AvgIpc) is 2.39. The van der Waals surface area contributed by atoms with Gasteiger partial charge in [0.1, 0.15) is 5.75 Å².